The van der Waals surface area contributed by atoms with Crippen LogP contribution in [0.15, 0.2) is 0 Å². The molecule has 78 valence electrons. The Morgan fingerprint density at radius 1 is 1.71 bits per heavy atom. The molecule has 0 radical (unpaired) electrons. The van der Waals surface area contributed by atoms with Gasteiger partial charge in [-0.3, -0.25) is 4.79 Å². The van der Waals surface area contributed by atoms with Gasteiger partial charge in [0.25, 0.3) is 0 Å². The molecule has 1 aliphatic heterocycles. The van der Waals surface area contributed by atoms with Gasteiger partial charge in [-0.05, 0) is 26.0 Å². The fourth-order valence-corrected chi connectivity index (χ4v) is 2.45. The number of amides is 1. The first-order valence-electron chi connectivity index (χ1n) is 4.82. The Bertz CT molecular complexity index is 251. The monoisotopic (exact) mass is 212 g/mol. The summed E-state index contributed by atoms with van der Waals surface area (Å²) >= 11 is 1.82. The van der Waals surface area contributed by atoms with E-state index in [4.69, 9.17) is 5.26 Å². The molecule has 1 saturated heterocycles. The Kier molecular flexibility index (Phi) is 3.82. The van der Waals surface area contributed by atoms with Gasteiger partial charge in [-0.25, -0.2) is 0 Å². The molecule has 3 nitrogen and oxygen atoms in total. The zero-order valence-electron chi connectivity index (χ0n) is 8.67. The van der Waals surface area contributed by atoms with E-state index in [9.17, 15) is 4.79 Å². The van der Waals surface area contributed by atoms with Crippen molar-refractivity contribution in [2.75, 3.05) is 18.1 Å². The van der Waals surface area contributed by atoms with Gasteiger partial charge in [-0.1, -0.05) is 0 Å². The lowest BCUT2D eigenvalue weighted by atomic mass is 9.95. The molecule has 1 fully saturated rings. The van der Waals surface area contributed by atoms with Crippen molar-refractivity contribution >= 4 is 17.7 Å². The quantitative estimate of drug-likeness (QED) is 0.769. The van der Waals surface area contributed by atoms with Crippen LogP contribution < -0.4 is 5.32 Å². The lowest BCUT2D eigenvalue weighted by Gasteiger charge is -2.17. The Morgan fingerprint density at radius 2 is 2.43 bits per heavy atom. The van der Waals surface area contributed by atoms with Crippen LogP contribution in [0.5, 0.6) is 0 Å². The van der Waals surface area contributed by atoms with Crippen LogP contribution in [0.25, 0.3) is 0 Å². The second-order valence-electron chi connectivity index (χ2n) is 4.27. The smallest absolute Gasteiger partial charge is 0.224 e. The van der Waals surface area contributed by atoms with Gasteiger partial charge < -0.3 is 5.32 Å². The Balaban J connectivity index is 2.31. The molecule has 0 saturated carbocycles. The molecule has 1 aliphatic rings. The van der Waals surface area contributed by atoms with Crippen molar-refractivity contribution < 1.29 is 4.79 Å². The lowest BCUT2D eigenvalue weighted by molar-refractivity contribution is -0.124. The van der Waals surface area contributed by atoms with Crippen LogP contribution in [0.2, 0.25) is 0 Å². The summed E-state index contributed by atoms with van der Waals surface area (Å²) < 4.78 is 0. The van der Waals surface area contributed by atoms with E-state index in [0.717, 1.165) is 17.9 Å². The third-order valence-electron chi connectivity index (χ3n) is 2.31. The molecule has 0 aliphatic carbocycles. The van der Waals surface area contributed by atoms with E-state index < -0.39 is 5.41 Å². The molecule has 14 heavy (non-hydrogen) atoms. The van der Waals surface area contributed by atoms with Crippen LogP contribution in [0.1, 0.15) is 20.3 Å². The molecule has 1 rings (SSSR count). The number of carbonyl (C=O) groups is 1. The fraction of sp³-hybridized carbons (Fsp3) is 0.800. The minimum absolute atomic E-state index is 0.110. The number of thioether (sulfide) groups is 1. The molecule has 1 atom stereocenters. The summed E-state index contributed by atoms with van der Waals surface area (Å²) in [7, 11) is 0. The summed E-state index contributed by atoms with van der Waals surface area (Å²) in [5.74, 6) is 2.28. The maximum absolute atomic E-state index is 11.6. The SMILES string of the molecule is CC(C)(C#N)CNC(=O)C1CCSC1. The fourth-order valence-electron chi connectivity index (χ4n) is 1.23. The first-order chi connectivity index (χ1) is 6.55. The summed E-state index contributed by atoms with van der Waals surface area (Å²) in [6, 6.07) is 2.17. The van der Waals surface area contributed by atoms with Crippen LogP contribution in [-0.2, 0) is 4.79 Å². The molecule has 0 bridgehead atoms. The van der Waals surface area contributed by atoms with Gasteiger partial charge in [0.2, 0.25) is 5.91 Å². The van der Waals surface area contributed by atoms with Gasteiger partial charge in [-0.15, -0.1) is 0 Å². The highest BCUT2D eigenvalue weighted by molar-refractivity contribution is 7.99. The molecule has 1 N–H and O–H groups in total. The van der Waals surface area contributed by atoms with Crippen molar-refractivity contribution in [2.45, 2.75) is 20.3 Å². The molecule has 0 spiro atoms. The first-order valence-corrected chi connectivity index (χ1v) is 5.97. The van der Waals surface area contributed by atoms with Crippen LogP contribution in [0.4, 0.5) is 0 Å². The van der Waals surface area contributed by atoms with Crippen molar-refractivity contribution in [3.8, 4) is 6.07 Å². The lowest BCUT2D eigenvalue weighted by Crippen LogP contribution is -2.37. The van der Waals surface area contributed by atoms with Crippen LogP contribution in [0.3, 0.4) is 0 Å². The van der Waals surface area contributed by atoms with Crippen LogP contribution in [0, 0.1) is 22.7 Å². The maximum Gasteiger partial charge on any atom is 0.224 e. The van der Waals surface area contributed by atoms with E-state index in [1.54, 1.807) is 0 Å². The second-order valence-corrected chi connectivity index (χ2v) is 5.42. The van der Waals surface area contributed by atoms with Gasteiger partial charge in [0.15, 0.2) is 0 Å². The Labute approximate surface area is 89.2 Å². The predicted molar refractivity (Wildman–Crippen MR) is 57.8 cm³/mol. The number of nitrogens with one attached hydrogen (secondary N) is 1. The predicted octanol–water partition coefficient (Wildman–Crippen LogP) is 1.41. The van der Waals surface area contributed by atoms with E-state index in [1.165, 1.54) is 0 Å². The van der Waals surface area contributed by atoms with E-state index in [2.05, 4.69) is 11.4 Å². The number of carbonyl (C=O) groups excluding carboxylic acids is 1. The zero-order chi connectivity index (χ0) is 10.6. The summed E-state index contributed by atoms with van der Waals surface area (Å²) in [6.45, 7) is 4.11. The largest absolute Gasteiger partial charge is 0.354 e. The number of hydrogen-bond acceptors (Lipinski definition) is 3. The van der Waals surface area contributed by atoms with Crippen molar-refractivity contribution in [3.05, 3.63) is 0 Å². The van der Waals surface area contributed by atoms with E-state index in [1.807, 2.05) is 25.6 Å². The molecule has 4 heteroatoms. The molecular weight excluding hydrogens is 196 g/mol. The molecule has 0 aromatic carbocycles. The van der Waals surface area contributed by atoms with Gasteiger partial charge in [-0.2, -0.15) is 17.0 Å². The zero-order valence-corrected chi connectivity index (χ0v) is 9.49. The van der Waals surface area contributed by atoms with Crippen molar-refractivity contribution in [3.63, 3.8) is 0 Å². The number of nitriles is 1. The Hall–Kier alpha value is -0.690. The minimum atomic E-state index is -0.457. The average molecular weight is 212 g/mol. The molecule has 0 aromatic heterocycles. The average Bonchev–Trinajstić information content (AvgIpc) is 2.67. The van der Waals surface area contributed by atoms with Gasteiger partial charge >= 0.3 is 0 Å². The van der Waals surface area contributed by atoms with E-state index in [-0.39, 0.29) is 11.8 Å². The van der Waals surface area contributed by atoms with Crippen molar-refractivity contribution in [1.29, 1.82) is 5.26 Å². The molecule has 1 amide bonds. The number of hydrogen-bond donors (Lipinski definition) is 1. The highest BCUT2D eigenvalue weighted by atomic mass is 32.2. The maximum atomic E-state index is 11.6. The standard InChI is InChI=1S/C10H16N2OS/c1-10(2,6-11)7-12-9(13)8-3-4-14-5-8/h8H,3-5,7H2,1-2H3,(H,12,13). The minimum Gasteiger partial charge on any atom is -0.354 e. The highest BCUT2D eigenvalue weighted by Crippen LogP contribution is 2.23. The third kappa shape index (κ3) is 3.22. The van der Waals surface area contributed by atoms with Gasteiger partial charge in [0.05, 0.1) is 11.5 Å². The second kappa shape index (κ2) is 4.70. The number of rotatable bonds is 3. The topological polar surface area (TPSA) is 52.9 Å². The van der Waals surface area contributed by atoms with E-state index in [0.29, 0.717) is 6.54 Å². The normalized spacial score (nSPS) is 21.6. The molecule has 1 unspecified atom stereocenters. The van der Waals surface area contributed by atoms with Crippen molar-refractivity contribution in [2.24, 2.45) is 11.3 Å². The van der Waals surface area contributed by atoms with Crippen LogP contribution >= 0.6 is 11.8 Å². The summed E-state index contributed by atoms with van der Waals surface area (Å²) in [5, 5.41) is 11.6. The van der Waals surface area contributed by atoms with Crippen LogP contribution in [-0.4, -0.2) is 24.0 Å². The first kappa shape index (κ1) is 11.4. The summed E-state index contributed by atoms with van der Waals surface area (Å²) in [6.07, 6.45) is 0.976. The molecular formula is C10H16N2OS. The number of nitrogens with zero attached hydrogens (tertiary/aromatic N) is 1. The molecule has 0 aromatic rings. The van der Waals surface area contributed by atoms with Crippen molar-refractivity contribution in [1.82, 2.24) is 5.32 Å². The molecule has 1 heterocycles. The summed E-state index contributed by atoms with van der Waals surface area (Å²) in [5.41, 5.74) is -0.457. The Morgan fingerprint density at radius 3 is 2.93 bits per heavy atom. The summed E-state index contributed by atoms with van der Waals surface area (Å²) in [4.78, 5) is 11.6. The van der Waals surface area contributed by atoms with Gasteiger partial charge in [0, 0.05) is 18.2 Å². The van der Waals surface area contributed by atoms with Gasteiger partial charge in [0.1, 0.15) is 0 Å². The third-order valence-corrected chi connectivity index (χ3v) is 3.47. The highest BCUT2D eigenvalue weighted by Gasteiger charge is 2.25. The van der Waals surface area contributed by atoms with E-state index >= 15 is 0 Å².